The van der Waals surface area contributed by atoms with Crippen LogP contribution in [-0.2, 0) is 0 Å². The van der Waals surface area contributed by atoms with Crippen LogP contribution in [0.3, 0.4) is 0 Å². The van der Waals surface area contributed by atoms with Gasteiger partial charge in [-0.05, 0) is 30.7 Å². The molecule has 8 heteroatoms. The highest BCUT2D eigenvalue weighted by atomic mass is 19.2. The van der Waals surface area contributed by atoms with E-state index in [2.05, 4.69) is 15.5 Å². The second kappa shape index (κ2) is 7.76. The van der Waals surface area contributed by atoms with E-state index in [1.165, 1.54) is 17.0 Å². The standard InChI is InChI=1S/C16H17F3N4O/c1-3-4-9-23(2)16(24)12-7-8-13(22-21-12)20-11-6-5-10(17)14(18)15(11)19/h5-8H,3-4,9H2,1-2H3,(H,20,22). The van der Waals surface area contributed by atoms with Crippen molar-refractivity contribution in [3.8, 4) is 0 Å². The van der Waals surface area contributed by atoms with E-state index in [9.17, 15) is 18.0 Å². The first-order chi connectivity index (χ1) is 11.4. The van der Waals surface area contributed by atoms with Crippen LogP contribution in [0.2, 0.25) is 0 Å². The number of benzene rings is 1. The van der Waals surface area contributed by atoms with Crippen molar-refractivity contribution in [1.82, 2.24) is 15.1 Å². The molecule has 1 N–H and O–H groups in total. The summed E-state index contributed by atoms with van der Waals surface area (Å²) in [7, 11) is 1.67. The number of anilines is 2. The number of aromatic nitrogens is 2. The van der Waals surface area contributed by atoms with Gasteiger partial charge in [0.15, 0.2) is 29.0 Å². The molecule has 0 unspecified atom stereocenters. The third kappa shape index (κ3) is 4.01. The molecule has 1 amide bonds. The molecule has 0 spiro atoms. The van der Waals surface area contributed by atoms with Crippen molar-refractivity contribution in [3.63, 3.8) is 0 Å². The molecule has 2 aromatic rings. The van der Waals surface area contributed by atoms with Gasteiger partial charge in [-0.15, -0.1) is 10.2 Å². The zero-order valence-electron chi connectivity index (χ0n) is 13.3. The smallest absolute Gasteiger partial charge is 0.274 e. The zero-order chi connectivity index (χ0) is 17.7. The van der Waals surface area contributed by atoms with E-state index >= 15 is 0 Å². The Morgan fingerprint density at radius 1 is 1.12 bits per heavy atom. The third-order valence-corrected chi connectivity index (χ3v) is 3.38. The van der Waals surface area contributed by atoms with Gasteiger partial charge in [-0.3, -0.25) is 4.79 Å². The zero-order valence-corrected chi connectivity index (χ0v) is 13.3. The summed E-state index contributed by atoms with van der Waals surface area (Å²) in [5.74, 6) is -4.37. The van der Waals surface area contributed by atoms with Crippen molar-refractivity contribution in [2.75, 3.05) is 18.9 Å². The van der Waals surface area contributed by atoms with Gasteiger partial charge in [-0.2, -0.15) is 0 Å². The molecule has 0 saturated carbocycles. The van der Waals surface area contributed by atoms with Crippen LogP contribution in [-0.4, -0.2) is 34.6 Å². The molecule has 1 aromatic heterocycles. The number of nitrogens with one attached hydrogen (secondary N) is 1. The molecule has 0 saturated heterocycles. The maximum atomic E-state index is 13.6. The molecule has 0 radical (unpaired) electrons. The normalized spacial score (nSPS) is 10.5. The fraction of sp³-hybridized carbons (Fsp3) is 0.312. The number of rotatable bonds is 6. The topological polar surface area (TPSA) is 58.1 Å². The predicted molar refractivity (Wildman–Crippen MR) is 83.5 cm³/mol. The summed E-state index contributed by atoms with van der Waals surface area (Å²) < 4.78 is 39.7. The van der Waals surface area contributed by atoms with Crippen LogP contribution in [0, 0.1) is 17.5 Å². The molecule has 2 rings (SSSR count). The Labute approximate surface area is 137 Å². The highest BCUT2D eigenvalue weighted by molar-refractivity contribution is 5.92. The molecule has 0 atom stereocenters. The van der Waals surface area contributed by atoms with Gasteiger partial charge in [0.05, 0.1) is 5.69 Å². The molecule has 24 heavy (non-hydrogen) atoms. The molecular weight excluding hydrogens is 321 g/mol. The molecule has 0 aliphatic rings. The van der Waals surface area contributed by atoms with Crippen LogP contribution in [0.25, 0.3) is 0 Å². The molecule has 0 fully saturated rings. The van der Waals surface area contributed by atoms with Crippen LogP contribution >= 0.6 is 0 Å². The van der Waals surface area contributed by atoms with Gasteiger partial charge >= 0.3 is 0 Å². The van der Waals surface area contributed by atoms with Crippen molar-refractivity contribution >= 4 is 17.4 Å². The molecule has 0 aliphatic heterocycles. The number of hydrogen-bond acceptors (Lipinski definition) is 4. The van der Waals surface area contributed by atoms with Crippen molar-refractivity contribution in [2.45, 2.75) is 19.8 Å². The Morgan fingerprint density at radius 3 is 2.50 bits per heavy atom. The monoisotopic (exact) mass is 338 g/mol. The molecule has 5 nitrogen and oxygen atoms in total. The van der Waals surface area contributed by atoms with E-state index < -0.39 is 17.5 Å². The minimum Gasteiger partial charge on any atom is -0.340 e. The van der Waals surface area contributed by atoms with E-state index in [1.54, 1.807) is 7.05 Å². The molecule has 0 bridgehead atoms. The quantitative estimate of drug-likeness (QED) is 0.819. The number of unbranched alkanes of at least 4 members (excludes halogenated alkanes) is 1. The van der Waals surface area contributed by atoms with E-state index in [-0.39, 0.29) is 23.1 Å². The lowest BCUT2D eigenvalue weighted by atomic mass is 10.2. The molecule has 128 valence electrons. The van der Waals surface area contributed by atoms with Gasteiger partial charge < -0.3 is 10.2 Å². The molecule has 0 aliphatic carbocycles. The molecular formula is C16H17F3N4O. The number of amides is 1. The van der Waals surface area contributed by atoms with Crippen LogP contribution in [0.4, 0.5) is 24.7 Å². The number of carbonyl (C=O) groups is 1. The lowest BCUT2D eigenvalue weighted by Gasteiger charge is -2.15. The minimum absolute atomic E-state index is 0.104. The summed E-state index contributed by atoms with van der Waals surface area (Å²) in [6.45, 7) is 2.63. The van der Waals surface area contributed by atoms with Crippen molar-refractivity contribution < 1.29 is 18.0 Å². The lowest BCUT2D eigenvalue weighted by Crippen LogP contribution is -2.28. The second-order valence-corrected chi connectivity index (χ2v) is 5.23. The maximum Gasteiger partial charge on any atom is 0.274 e. The highest BCUT2D eigenvalue weighted by Gasteiger charge is 2.15. The fourth-order valence-corrected chi connectivity index (χ4v) is 1.97. The molecule has 1 heterocycles. The van der Waals surface area contributed by atoms with Crippen molar-refractivity contribution in [1.29, 1.82) is 0 Å². The summed E-state index contributed by atoms with van der Waals surface area (Å²) in [6, 6.07) is 4.69. The Bertz CT molecular complexity index is 722. The van der Waals surface area contributed by atoms with E-state index in [0.29, 0.717) is 6.54 Å². The van der Waals surface area contributed by atoms with Gasteiger partial charge in [0.1, 0.15) is 0 Å². The Morgan fingerprint density at radius 2 is 1.88 bits per heavy atom. The van der Waals surface area contributed by atoms with Gasteiger partial charge in [0, 0.05) is 13.6 Å². The summed E-state index contributed by atoms with van der Waals surface area (Å²) >= 11 is 0. The number of halogens is 3. The largest absolute Gasteiger partial charge is 0.340 e. The van der Waals surface area contributed by atoms with E-state index in [1.807, 2.05) is 6.92 Å². The average molecular weight is 338 g/mol. The first-order valence-corrected chi connectivity index (χ1v) is 7.43. The first-order valence-electron chi connectivity index (χ1n) is 7.43. The van der Waals surface area contributed by atoms with Crippen LogP contribution in [0.15, 0.2) is 24.3 Å². The second-order valence-electron chi connectivity index (χ2n) is 5.23. The fourth-order valence-electron chi connectivity index (χ4n) is 1.97. The predicted octanol–water partition coefficient (Wildman–Crippen LogP) is 3.51. The van der Waals surface area contributed by atoms with Crippen LogP contribution in [0.5, 0.6) is 0 Å². The van der Waals surface area contributed by atoms with Crippen molar-refractivity contribution in [2.24, 2.45) is 0 Å². The van der Waals surface area contributed by atoms with Gasteiger partial charge in [0.25, 0.3) is 5.91 Å². The first kappa shape index (κ1) is 17.7. The highest BCUT2D eigenvalue weighted by Crippen LogP contribution is 2.22. The summed E-state index contributed by atoms with van der Waals surface area (Å²) in [5.41, 5.74) is -0.132. The Hall–Kier alpha value is -2.64. The average Bonchev–Trinajstić information content (AvgIpc) is 2.60. The van der Waals surface area contributed by atoms with Crippen LogP contribution in [0.1, 0.15) is 30.3 Å². The number of nitrogens with zero attached hydrogens (tertiary/aromatic N) is 3. The summed E-state index contributed by atoms with van der Waals surface area (Å²) in [6.07, 6.45) is 1.84. The van der Waals surface area contributed by atoms with Gasteiger partial charge in [-0.1, -0.05) is 13.3 Å². The van der Waals surface area contributed by atoms with E-state index in [4.69, 9.17) is 0 Å². The van der Waals surface area contributed by atoms with Crippen molar-refractivity contribution in [3.05, 3.63) is 47.4 Å². The SMILES string of the molecule is CCCCN(C)C(=O)c1ccc(Nc2ccc(F)c(F)c2F)nn1. The lowest BCUT2D eigenvalue weighted by molar-refractivity contribution is 0.0786. The Kier molecular flexibility index (Phi) is 5.73. The minimum atomic E-state index is -1.57. The van der Waals surface area contributed by atoms with E-state index in [0.717, 1.165) is 25.0 Å². The maximum absolute atomic E-state index is 13.6. The number of hydrogen-bond donors (Lipinski definition) is 1. The van der Waals surface area contributed by atoms with Gasteiger partial charge in [-0.25, -0.2) is 13.2 Å². The summed E-state index contributed by atoms with van der Waals surface area (Å²) in [5, 5.41) is 10.0. The number of carbonyl (C=O) groups excluding carboxylic acids is 1. The summed E-state index contributed by atoms with van der Waals surface area (Å²) in [4.78, 5) is 13.6. The Balaban J connectivity index is 2.10. The molecule has 1 aromatic carbocycles. The van der Waals surface area contributed by atoms with Gasteiger partial charge in [0.2, 0.25) is 0 Å². The third-order valence-electron chi connectivity index (χ3n) is 3.38. The van der Waals surface area contributed by atoms with Crippen LogP contribution < -0.4 is 5.32 Å².